The van der Waals surface area contributed by atoms with E-state index in [9.17, 15) is 19.5 Å². The fourth-order valence-electron chi connectivity index (χ4n) is 7.14. The van der Waals surface area contributed by atoms with Crippen LogP contribution < -0.4 is 15.4 Å². The summed E-state index contributed by atoms with van der Waals surface area (Å²) in [4.78, 5) is 44.1. The highest BCUT2D eigenvalue weighted by Crippen LogP contribution is 2.71. The molecule has 3 amide bonds. The standard InChI is InChI=1S/C32H41N3O5S/c1-5-20(3)24(19-36)35-27(29(38)33-18-21-10-8-7-9-11-21)32-17-16-31(4,41-32)25(26(32)30(35)39)28(37)34-22-12-14-23(15-13-22)40-6-2/h7-15,20,24-27,36H,5-6,16-19H2,1-4H3,(H,33,38)(H,34,37)/t20-,24-,25+,26-,27?,31-,32?/m0/s1. The first-order valence-corrected chi connectivity index (χ1v) is 15.5. The molecular weight excluding hydrogens is 538 g/mol. The number of nitrogens with one attached hydrogen (secondary N) is 2. The highest BCUT2D eigenvalue weighted by molar-refractivity contribution is 8.02. The molecule has 2 unspecified atom stereocenters. The Morgan fingerprint density at radius 1 is 1.10 bits per heavy atom. The van der Waals surface area contributed by atoms with Crippen molar-refractivity contribution in [2.75, 3.05) is 18.5 Å². The third-order valence-electron chi connectivity index (χ3n) is 9.33. The van der Waals surface area contributed by atoms with Crippen molar-refractivity contribution in [1.29, 1.82) is 0 Å². The van der Waals surface area contributed by atoms with Crippen molar-refractivity contribution >= 4 is 35.2 Å². The zero-order valence-electron chi connectivity index (χ0n) is 24.3. The lowest BCUT2D eigenvalue weighted by Gasteiger charge is -2.39. The smallest absolute Gasteiger partial charge is 0.244 e. The van der Waals surface area contributed by atoms with Gasteiger partial charge in [0.1, 0.15) is 11.8 Å². The molecule has 2 bridgehead atoms. The molecule has 1 spiro atoms. The lowest BCUT2D eigenvalue weighted by atomic mass is 9.66. The fourth-order valence-corrected chi connectivity index (χ4v) is 9.48. The second-order valence-electron chi connectivity index (χ2n) is 11.8. The van der Waals surface area contributed by atoms with Crippen LogP contribution in [0.15, 0.2) is 54.6 Å². The molecule has 3 N–H and O–H groups in total. The van der Waals surface area contributed by atoms with Crippen molar-refractivity contribution in [2.45, 2.75) is 75.1 Å². The van der Waals surface area contributed by atoms with Gasteiger partial charge in [-0.2, -0.15) is 0 Å². The van der Waals surface area contributed by atoms with Gasteiger partial charge in [0, 0.05) is 17.0 Å². The first-order chi connectivity index (χ1) is 19.7. The van der Waals surface area contributed by atoms with Gasteiger partial charge >= 0.3 is 0 Å². The van der Waals surface area contributed by atoms with Crippen LogP contribution in [-0.4, -0.2) is 62.5 Å². The molecular formula is C32H41N3O5S. The summed E-state index contributed by atoms with van der Waals surface area (Å²) in [5.41, 5.74) is 1.60. The molecule has 3 fully saturated rings. The predicted molar refractivity (Wildman–Crippen MR) is 160 cm³/mol. The summed E-state index contributed by atoms with van der Waals surface area (Å²) in [5, 5.41) is 16.6. The van der Waals surface area contributed by atoms with Crippen molar-refractivity contribution in [3.05, 3.63) is 60.2 Å². The van der Waals surface area contributed by atoms with Gasteiger partial charge in [0.25, 0.3) is 0 Å². The van der Waals surface area contributed by atoms with Crippen molar-refractivity contribution in [3.8, 4) is 5.75 Å². The van der Waals surface area contributed by atoms with Crippen LogP contribution in [0.4, 0.5) is 5.69 Å². The van der Waals surface area contributed by atoms with Crippen LogP contribution in [-0.2, 0) is 20.9 Å². The fraction of sp³-hybridized carbons (Fsp3) is 0.531. The summed E-state index contributed by atoms with van der Waals surface area (Å²) in [7, 11) is 0. The molecule has 8 nitrogen and oxygen atoms in total. The normalized spacial score (nSPS) is 29.6. The van der Waals surface area contributed by atoms with Crippen molar-refractivity contribution in [1.82, 2.24) is 10.2 Å². The topological polar surface area (TPSA) is 108 Å². The molecule has 0 radical (unpaired) electrons. The van der Waals surface area contributed by atoms with Gasteiger partial charge in [-0.05, 0) is 62.4 Å². The number of fused-ring (bicyclic) bond motifs is 1. The maximum atomic E-state index is 14.4. The van der Waals surface area contributed by atoms with E-state index in [0.29, 0.717) is 25.3 Å². The van der Waals surface area contributed by atoms with Gasteiger partial charge in [0.15, 0.2) is 0 Å². The van der Waals surface area contributed by atoms with E-state index in [1.165, 1.54) is 0 Å². The Labute approximate surface area is 246 Å². The van der Waals surface area contributed by atoms with Crippen LogP contribution in [0.2, 0.25) is 0 Å². The number of hydrogen-bond acceptors (Lipinski definition) is 6. The van der Waals surface area contributed by atoms with E-state index < -0.39 is 33.4 Å². The lowest BCUT2D eigenvalue weighted by molar-refractivity contribution is -0.143. The number of likely N-dealkylation sites (tertiary alicyclic amines) is 1. The molecule has 0 saturated carbocycles. The summed E-state index contributed by atoms with van der Waals surface area (Å²) >= 11 is 1.63. The number of nitrogens with zero attached hydrogens (tertiary/aromatic N) is 1. The van der Waals surface area contributed by atoms with Gasteiger partial charge in [-0.3, -0.25) is 14.4 Å². The third-order valence-corrected chi connectivity index (χ3v) is 11.3. The van der Waals surface area contributed by atoms with Crippen LogP contribution in [0.25, 0.3) is 0 Å². The number of thioether (sulfide) groups is 1. The minimum Gasteiger partial charge on any atom is -0.494 e. The Kier molecular flexibility index (Phi) is 8.39. The van der Waals surface area contributed by atoms with Gasteiger partial charge in [0.05, 0.1) is 35.8 Å². The summed E-state index contributed by atoms with van der Waals surface area (Å²) < 4.78 is 4.30. The molecule has 9 heteroatoms. The summed E-state index contributed by atoms with van der Waals surface area (Å²) in [6.07, 6.45) is 2.14. The summed E-state index contributed by atoms with van der Waals surface area (Å²) in [6, 6.07) is 15.6. The molecule has 2 aromatic carbocycles. The second-order valence-corrected chi connectivity index (χ2v) is 13.7. The highest BCUT2D eigenvalue weighted by Gasteiger charge is 2.77. The van der Waals surface area contributed by atoms with E-state index in [1.54, 1.807) is 28.8 Å². The van der Waals surface area contributed by atoms with Crippen LogP contribution in [0.5, 0.6) is 5.75 Å². The van der Waals surface area contributed by atoms with Crippen LogP contribution >= 0.6 is 11.8 Å². The number of rotatable bonds is 11. The van der Waals surface area contributed by atoms with Gasteiger partial charge in [0.2, 0.25) is 17.7 Å². The van der Waals surface area contributed by atoms with E-state index >= 15 is 0 Å². The monoisotopic (exact) mass is 579 g/mol. The van der Waals surface area contributed by atoms with Crippen LogP contribution in [0.3, 0.4) is 0 Å². The predicted octanol–water partition coefficient (Wildman–Crippen LogP) is 4.23. The molecule has 220 valence electrons. The minimum atomic E-state index is -0.773. The average Bonchev–Trinajstić information content (AvgIpc) is 3.54. The maximum Gasteiger partial charge on any atom is 0.244 e. The molecule has 2 aromatic rings. The number of aliphatic hydroxyl groups is 1. The van der Waals surface area contributed by atoms with Crippen molar-refractivity contribution in [3.63, 3.8) is 0 Å². The highest BCUT2D eigenvalue weighted by atomic mass is 32.2. The number of carbonyl (C=O) groups is 3. The molecule has 5 rings (SSSR count). The first-order valence-electron chi connectivity index (χ1n) is 14.7. The number of anilines is 1. The van der Waals surface area contributed by atoms with Crippen LogP contribution in [0.1, 0.15) is 52.5 Å². The van der Waals surface area contributed by atoms with E-state index in [-0.39, 0.29) is 30.2 Å². The zero-order chi connectivity index (χ0) is 29.4. The minimum absolute atomic E-state index is 0.0162. The Bertz CT molecular complexity index is 1270. The third kappa shape index (κ3) is 5.12. The largest absolute Gasteiger partial charge is 0.494 e. The number of ether oxygens (including phenoxy) is 1. The molecule has 3 saturated heterocycles. The first kappa shape index (κ1) is 29.5. The van der Waals surface area contributed by atoms with Crippen molar-refractivity contribution in [2.24, 2.45) is 17.8 Å². The van der Waals surface area contributed by atoms with E-state index in [0.717, 1.165) is 24.2 Å². The Balaban J connectivity index is 1.48. The Morgan fingerprint density at radius 3 is 2.44 bits per heavy atom. The van der Waals surface area contributed by atoms with Crippen molar-refractivity contribution < 1.29 is 24.2 Å². The summed E-state index contributed by atoms with van der Waals surface area (Å²) in [5.74, 6) is -1.19. The van der Waals surface area contributed by atoms with Gasteiger partial charge in [-0.1, -0.05) is 50.6 Å². The van der Waals surface area contributed by atoms with Gasteiger partial charge in [-0.15, -0.1) is 11.8 Å². The van der Waals surface area contributed by atoms with E-state index in [2.05, 4.69) is 17.6 Å². The van der Waals surface area contributed by atoms with Gasteiger partial charge < -0.3 is 25.4 Å². The van der Waals surface area contributed by atoms with E-state index in [1.807, 2.05) is 63.2 Å². The van der Waals surface area contributed by atoms with E-state index in [4.69, 9.17) is 4.74 Å². The maximum absolute atomic E-state index is 14.4. The van der Waals surface area contributed by atoms with Crippen LogP contribution in [0, 0.1) is 17.8 Å². The Hall–Kier alpha value is -3.04. The molecule has 41 heavy (non-hydrogen) atoms. The molecule has 3 aliphatic heterocycles. The number of amides is 3. The second kappa shape index (κ2) is 11.7. The Morgan fingerprint density at radius 2 is 1.80 bits per heavy atom. The SMILES string of the molecule is CCOc1ccc(NC(=O)[C@H]2[C@H]3C(=O)N([C@@H](CO)[C@@H](C)CC)C(C(=O)NCc4ccccc4)C34CC[C@]2(C)S4)cc1. The number of benzene rings is 2. The molecule has 0 aliphatic carbocycles. The van der Waals surface area contributed by atoms with Gasteiger partial charge in [-0.25, -0.2) is 0 Å². The number of aliphatic hydroxyl groups excluding tert-OH is 1. The zero-order valence-corrected chi connectivity index (χ0v) is 25.1. The lowest BCUT2D eigenvalue weighted by Crippen LogP contribution is -2.57. The molecule has 3 aliphatic rings. The number of carbonyl (C=O) groups excluding carboxylic acids is 3. The number of hydrogen-bond donors (Lipinski definition) is 3. The molecule has 3 heterocycles. The quantitative estimate of drug-likeness (QED) is 0.368. The summed E-state index contributed by atoms with van der Waals surface area (Å²) in [6.45, 7) is 8.65. The average molecular weight is 580 g/mol. The molecule has 7 atom stereocenters. The molecule has 0 aromatic heterocycles.